The van der Waals surface area contributed by atoms with E-state index in [2.05, 4.69) is 55.2 Å². The second-order valence-electron chi connectivity index (χ2n) is 7.11. The Hall–Kier alpha value is -3.78. The highest BCUT2D eigenvalue weighted by atomic mass is 35.5. The van der Waals surface area contributed by atoms with Crippen LogP contribution in [0.25, 0.3) is 22.5 Å². The molecule has 2 aromatic heterocycles. The summed E-state index contributed by atoms with van der Waals surface area (Å²) >= 11 is 0. The molecular weight excluding hydrogens is 428 g/mol. The van der Waals surface area contributed by atoms with Crippen molar-refractivity contribution in [2.75, 3.05) is 12.4 Å². The minimum Gasteiger partial charge on any atom is -0.465 e. The van der Waals surface area contributed by atoms with Crippen molar-refractivity contribution in [2.24, 2.45) is 0 Å². The van der Waals surface area contributed by atoms with Gasteiger partial charge in [0.25, 0.3) is 0 Å². The number of aryl methyl sites for hydroxylation is 2. The molecule has 0 unspecified atom stereocenters. The zero-order chi connectivity index (χ0) is 21.8. The Morgan fingerprint density at radius 2 is 1.78 bits per heavy atom. The van der Waals surface area contributed by atoms with Gasteiger partial charge in [-0.3, -0.25) is 4.98 Å². The number of carbonyl (C=O) groups excluding carboxylic acids is 1. The molecule has 0 spiro atoms. The number of pyridine rings is 1. The summed E-state index contributed by atoms with van der Waals surface area (Å²) in [5, 5.41) is 17.5. The second kappa shape index (κ2) is 10.0. The number of carbonyl (C=O) groups is 1. The van der Waals surface area contributed by atoms with Crippen molar-refractivity contribution in [1.82, 2.24) is 25.6 Å². The molecule has 4 aromatic rings. The van der Waals surface area contributed by atoms with Crippen molar-refractivity contribution in [2.45, 2.75) is 20.4 Å². The van der Waals surface area contributed by atoms with Gasteiger partial charge in [0.1, 0.15) is 5.56 Å². The maximum atomic E-state index is 12.2. The molecule has 0 aliphatic heterocycles. The number of halogens is 1. The molecule has 2 heterocycles. The van der Waals surface area contributed by atoms with Crippen molar-refractivity contribution in [1.29, 1.82) is 0 Å². The van der Waals surface area contributed by atoms with E-state index in [1.54, 1.807) is 6.92 Å². The minimum atomic E-state index is -0.402. The lowest BCUT2D eigenvalue weighted by molar-refractivity contribution is 0.0600. The molecule has 2 aromatic carbocycles. The van der Waals surface area contributed by atoms with Gasteiger partial charge in [-0.25, -0.2) is 9.89 Å². The zero-order valence-corrected chi connectivity index (χ0v) is 18.7. The summed E-state index contributed by atoms with van der Waals surface area (Å²) < 4.78 is 4.92. The molecule has 0 atom stereocenters. The van der Waals surface area contributed by atoms with E-state index in [-0.39, 0.29) is 12.4 Å². The molecule has 0 radical (unpaired) electrons. The average molecular weight is 451 g/mol. The summed E-state index contributed by atoms with van der Waals surface area (Å²) in [4.78, 5) is 16.6. The number of hydrogen-bond donors (Lipinski definition) is 2. The molecule has 0 saturated heterocycles. The normalized spacial score (nSPS) is 10.3. The number of aromatic nitrogens is 5. The molecule has 32 heavy (non-hydrogen) atoms. The summed E-state index contributed by atoms with van der Waals surface area (Å²) in [5.41, 5.74) is 6.75. The van der Waals surface area contributed by atoms with Gasteiger partial charge in [-0.15, -0.1) is 17.5 Å². The SMILES string of the molecule is COC(=O)c1c(NCc2ccc(-c3ccccc3-c3nnn[nH]3)cc2)cc(C)nc1C.Cl. The number of hydrogen-bond acceptors (Lipinski definition) is 7. The number of benzene rings is 2. The molecule has 0 saturated carbocycles. The number of aromatic amines is 1. The summed E-state index contributed by atoms with van der Waals surface area (Å²) in [6, 6.07) is 18.0. The smallest absolute Gasteiger partial charge is 0.341 e. The van der Waals surface area contributed by atoms with E-state index < -0.39 is 5.97 Å². The number of rotatable bonds is 6. The van der Waals surface area contributed by atoms with Crippen molar-refractivity contribution in [3.63, 3.8) is 0 Å². The highest BCUT2D eigenvalue weighted by Crippen LogP contribution is 2.30. The largest absolute Gasteiger partial charge is 0.465 e. The first-order valence-electron chi connectivity index (χ1n) is 9.79. The lowest BCUT2D eigenvalue weighted by atomic mass is 9.98. The fourth-order valence-corrected chi connectivity index (χ4v) is 3.54. The maximum absolute atomic E-state index is 12.2. The molecular formula is C23H23ClN6O2. The van der Waals surface area contributed by atoms with Crippen LogP contribution in [-0.4, -0.2) is 38.7 Å². The van der Waals surface area contributed by atoms with Gasteiger partial charge in [-0.05, 0) is 47.0 Å². The van der Waals surface area contributed by atoms with Crippen LogP contribution in [0.4, 0.5) is 5.69 Å². The number of tetrazole rings is 1. The molecule has 4 rings (SSSR count). The Labute approximate surface area is 191 Å². The van der Waals surface area contributed by atoms with Crippen LogP contribution in [0.15, 0.2) is 54.6 Å². The van der Waals surface area contributed by atoms with Crippen molar-refractivity contribution < 1.29 is 9.53 Å². The molecule has 8 nitrogen and oxygen atoms in total. The van der Waals surface area contributed by atoms with Gasteiger partial charge in [0, 0.05) is 17.8 Å². The third kappa shape index (κ3) is 4.76. The van der Waals surface area contributed by atoms with Crippen LogP contribution in [0.1, 0.15) is 27.3 Å². The van der Waals surface area contributed by atoms with E-state index in [4.69, 9.17) is 4.74 Å². The minimum absolute atomic E-state index is 0. The summed E-state index contributed by atoms with van der Waals surface area (Å²) in [6.07, 6.45) is 0. The Morgan fingerprint density at radius 1 is 1.06 bits per heavy atom. The Balaban J connectivity index is 0.00000289. The van der Waals surface area contributed by atoms with Gasteiger partial charge in [0.2, 0.25) is 0 Å². The molecule has 0 aliphatic carbocycles. The van der Waals surface area contributed by atoms with Gasteiger partial charge in [0.05, 0.1) is 18.5 Å². The number of esters is 1. The van der Waals surface area contributed by atoms with Crippen LogP contribution in [0.3, 0.4) is 0 Å². The highest BCUT2D eigenvalue weighted by Gasteiger charge is 2.17. The van der Waals surface area contributed by atoms with Crippen molar-refractivity contribution in [3.8, 4) is 22.5 Å². The number of H-pyrrole nitrogens is 1. The van der Waals surface area contributed by atoms with Crippen molar-refractivity contribution in [3.05, 3.63) is 77.1 Å². The topological polar surface area (TPSA) is 106 Å². The predicted molar refractivity (Wildman–Crippen MR) is 125 cm³/mol. The Morgan fingerprint density at radius 3 is 2.44 bits per heavy atom. The van der Waals surface area contributed by atoms with Crippen molar-refractivity contribution >= 4 is 24.1 Å². The quantitative estimate of drug-likeness (QED) is 0.420. The van der Waals surface area contributed by atoms with Gasteiger partial charge in [-0.1, -0.05) is 48.5 Å². The summed E-state index contributed by atoms with van der Waals surface area (Å²) in [7, 11) is 1.37. The maximum Gasteiger partial charge on any atom is 0.341 e. The van der Waals surface area contributed by atoms with Gasteiger partial charge in [-0.2, -0.15) is 0 Å². The third-order valence-corrected chi connectivity index (χ3v) is 4.99. The number of ether oxygens (including phenoxy) is 1. The zero-order valence-electron chi connectivity index (χ0n) is 17.9. The monoisotopic (exact) mass is 450 g/mol. The first kappa shape index (κ1) is 22.9. The molecule has 164 valence electrons. The molecule has 0 aliphatic rings. The van der Waals surface area contributed by atoms with Gasteiger partial charge < -0.3 is 10.1 Å². The average Bonchev–Trinajstić information content (AvgIpc) is 3.32. The molecule has 0 fully saturated rings. The molecule has 9 heteroatoms. The lowest BCUT2D eigenvalue weighted by Gasteiger charge is -2.14. The second-order valence-corrected chi connectivity index (χ2v) is 7.11. The van der Waals surface area contributed by atoms with E-state index in [9.17, 15) is 4.79 Å². The Bertz CT molecular complexity index is 1210. The molecule has 2 N–H and O–H groups in total. The van der Waals surface area contributed by atoms with E-state index in [0.717, 1.165) is 27.9 Å². The van der Waals surface area contributed by atoms with Gasteiger partial charge >= 0.3 is 5.97 Å². The first-order valence-corrected chi connectivity index (χ1v) is 9.79. The third-order valence-electron chi connectivity index (χ3n) is 4.99. The summed E-state index contributed by atoms with van der Waals surface area (Å²) in [6.45, 7) is 4.26. The highest BCUT2D eigenvalue weighted by molar-refractivity contribution is 5.96. The fraction of sp³-hybridized carbons (Fsp3) is 0.174. The predicted octanol–water partition coefficient (Wildman–Crippen LogP) is 4.37. The number of anilines is 1. The lowest BCUT2D eigenvalue weighted by Crippen LogP contribution is -2.12. The first-order chi connectivity index (χ1) is 15.1. The Kier molecular flexibility index (Phi) is 7.17. The number of nitrogens with zero attached hydrogens (tertiary/aromatic N) is 4. The van der Waals surface area contributed by atoms with E-state index in [1.165, 1.54) is 7.11 Å². The van der Waals surface area contributed by atoms with Gasteiger partial charge in [0.15, 0.2) is 5.82 Å². The number of methoxy groups -OCH3 is 1. The van der Waals surface area contributed by atoms with Crippen LogP contribution in [0, 0.1) is 13.8 Å². The van der Waals surface area contributed by atoms with E-state index in [0.29, 0.717) is 29.3 Å². The van der Waals surface area contributed by atoms with E-state index >= 15 is 0 Å². The number of nitrogens with one attached hydrogen (secondary N) is 2. The summed E-state index contributed by atoms with van der Waals surface area (Å²) in [5.74, 6) is 0.224. The fourth-order valence-electron chi connectivity index (χ4n) is 3.54. The van der Waals surface area contributed by atoms with Crippen LogP contribution in [-0.2, 0) is 11.3 Å². The molecule has 0 amide bonds. The van der Waals surface area contributed by atoms with Crippen LogP contribution in [0.5, 0.6) is 0 Å². The van der Waals surface area contributed by atoms with Crippen LogP contribution in [0.2, 0.25) is 0 Å². The van der Waals surface area contributed by atoms with Crippen LogP contribution >= 0.6 is 12.4 Å². The standard InChI is InChI=1S/C23H22N6O2.ClH/c1-14-12-20(21(15(2)25-14)23(30)31-3)24-13-16-8-10-17(11-9-16)18-6-4-5-7-19(18)22-26-28-29-27-22;/h4-12H,13H2,1-3H3,(H,24,25)(H,26,27,28,29);1H. The van der Waals surface area contributed by atoms with E-state index in [1.807, 2.05) is 37.3 Å². The molecule has 0 bridgehead atoms. The van der Waals surface area contributed by atoms with Crippen LogP contribution < -0.4 is 5.32 Å².